The van der Waals surface area contributed by atoms with Crippen LogP contribution in [0.5, 0.6) is 0 Å². The summed E-state index contributed by atoms with van der Waals surface area (Å²) in [6.45, 7) is 1.88. The van der Waals surface area contributed by atoms with Gasteiger partial charge in [-0.1, -0.05) is 18.2 Å². The summed E-state index contributed by atoms with van der Waals surface area (Å²) >= 11 is 0. The average molecular weight is 190 g/mol. The van der Waals surface area contributed by atoms with Crippen molar-refractivity contribution in [3.05, 3.63) is 35.4 Å². The number of carbonyl (C=O) groups excluding carboxylic acids is 1. The third kappa shape index (κ3) is 2.99. The van der Waals surface area contributed by atoms with E-state index in [0.29, 0.717) is 5.56 Å². The molecule has 0 saturated heterocycles. The first-order valence-electron chi connectivity index (χ1n) is 3.39. The second-order valence-electron chi connectivity index (χ2n) is 2.31. The average Bonchev–Trinajstić information content (AvgIpc) is 2.04. The first kappa shape index (κ1) is 12.3. The number of benzene rings is 1. The quantitative estimate of drug-likeness (QED) is 0.490. The minimum absolute atomic E-state index is 0. The minimum atomic E-state index is -0.275. The van der Waals surface area contributed by atoms with Crippen LogP contribution >= 0.6 is 0 Å². The van der Waals surface area contributed by atoms with Gasteiger partial charge in [0.25, 0.3) is 0 Å². The van der Waals surface area contributed by atoms with Gasteiger partial charge in [0.2, 0.25) is 0 Å². The van der Waals surface area contributed by atoms with Gasteiger partial charge in [-0.3, -0.25) is 0 Å². The van der Waals surface area contributed by atoms with Crippen LogP contribution in [-0.2, 0) is 4.74 Å². The summed E-state index contributed by atoms with van der Waals surface area (Å²) in [5, 5.41) is 0. The molecule has 0 heterocycles. The van der Waals surface area contributed by atoms with Gasteiger partial charge < -0.3 is 4.74 Å². The molecule has 3 heteroatoms. The van der Waals surface area contributed by atoms with E-state index in [1.165, 1.54) is 7.11 Å². The number of ether oxygens (including phenoxy) is 1. The summed E-state index contributed by atoms with van der Waals surface area (Å²) in [6, 6.07) is 7.34. The van der Waals surface area contributed by atoms with Crippen LogP contribution in [0.25, 0.3) is 0 Å². The molecule has 2 nitrogen and oxygen atoms in total. The van der Waals surface area contributed by atoms with E-state index in [1.807, 2.05) is 25.1 Å². The van der Waals surface area contributed by atoms with Crippen molar-refractivity contribution in [3.63, 3.8) is 0 Å². The summed E-state index contributed by atoms with van der Waals surface area (Å²) in [5.41, 5.74) is 1.58. The maximum atomic E-state index is 11.0. The van der Waals surface area contributed by atoms with Gasteiger partial charge in [-0.15, -0.1) is 0 Å². The van der Waals surface area contributed by atoms with Gasteiger partial charge in [0, 0.05) is 0 Å². The molecule has 12 heavy (non-hydrogen) atoms. The van der Waals surface area contributed by atoms with Gasteiger partial charge in [0.05, 0.1) is 12.7 Å². The van der Waals surface area contributed by atoms with Crippen molar-refractivity contribution in [3.8, 4) is 0 Å². The molecule has 0 spiro atoms. The summed E-state index contributed by atoms with van der Waals surface area (Å²) < 4.78 is 4.58. The third-order valence-corrected chi connectivity index (χ3v) is 1.55. The second kappa shape index (κ2) is 5.88. The van der Waals surface area contributed by atoms with Crippen LogP contribution in [0.1, 0.15) is 15.9 Å². The Bertz CT molecular complexity index is 271. The monoisotopic (exact) mass is 190 g/mol. The molecule has 0 N–H and O–H groups in total. The molecule has 0 aliphatic carbocycles. The predicted octanol–water partition coefficient (Wildman–Crippen LogP) is 1.13. The van der Waals surface area contributed by atoms with Crippen molar-refractivity contribution in [1.82, 2.24) is 0 Å². The van der Waals surface area contributed by atoms with Gasteiger partial charge in [0.15, 0.2) is 0 Å². The zero-order chi connectivity index (χ0) is 8.27. The van der Waals surface area contributed by atoms with Crippen molar-refractivity contribution in [2.45, 2.75) is 6.92 Å². The molecule has 0 aliphatic heterocycles. The molecule has 0 fully saturated rings. The standard InChI is InChI=1S/C9H10O2.K.H/c1-7-5-3-4-6-8(7)9(10)11-2;;/h3-6H,1-2H3;;. The Kier molecular flexibility index (Phi) is 6.04. The zero-order valence-corrected chi connectivity index (χ0v) is 6.63. The van der Waals surface area contributed by atoms with Crippen LogP contribution in [0.4, 0.5) is 0 Å². The van der Waals surface area contributed by atoms with Crippen LogP contribution in [0.3, 0.4) is 0 Å². The van der Waals surface area contributed by atoms with Crippen LogP contribution in [0.2, 0.25) is 0 Å². The Hall–Kier alpha value is 0.326. The number of esters is 1. The predicted molar refractivity (Wildman–Crippen MR) is 49.7 cm³/mol. The van der Waals surface area contributed by atoms with Crippen LogP contribution in [0, 0.1) is 6.92 Å². The van der Waals surface area contributed by atoms with Crippen molar-refractivity contribution in [2.75, 3.05) is 7.11 Å². The topological polar surface area (TPSA) is 26.3 Å². The zero-order valence-electron chi connectivity index (χ0n) is 6.63. The summed E-state index contributed by atoms with van der Waals surface area (Å²) in [6.07, 6.45) is 0. The molecular formula is C9H11KO2. The molecule has 0 saturated carbocycles. The van der Waals surface area contributed by atoms with Gasteiger partial charge in [-0.25, -0.2) is 4.79 Å². The Morgan fingerprint density at radius 1 is 1.33 bits per heavy atom. The van der Waals surface area contributed by atoms with E-state index in [4.69, 9.17) is 0 Å². The number of aryl methyl sites for hydroxylation is 1. The Morgan fingerprint density at radius 2 is 1.92 bits per heavy atom. The van der Waals surface area contributed by atoms with E-state index in [9.17, 15) is 4.79 Å². The van der Waals surface area contributed by atoms with E-state index in [2.05, 4.69) is 4.74 Å². The Labute approximate surface area is 115 Å². The molecule has 0 unspecified atom stereocenters. The molecule has 1 aromatic carbocycles. The molecule has 0 atom stereocenters. The maximum absolute atomic E-state index is 11.0. The molecule has 0 bridgehead atoms. The Balaban J connectivity index is 0.00000121. The molecular weight excluding hydrogens is 179 g/mol. The van der Waals surface area contributed by atoms with Crippen LogP contribution in [-0.4, -0.2) is 64.5 Å². The third-order valence-electron chi connectivity index (χ3n) is 1.55. The van der Waals surface area contributed by atoms with E-state index in [-0.39, 0.29) is 57.4 Å². The summed E-state index contributed by atoms with van der Waals surface area (Å²) in [5.74, 6) is -0.275. The normalized spacial score (nSPS) is 8.50. The molecule has 0 amide bonds. The second-order valence-corrected chi connectivity index (χ2v) is 2.31. The van der Waals surface area contributed by atoms with E-state index in [1.54, 1.807) is 6.07 Å². The van der Waals surface area contributed by atoms with Gasteiger partial charge in [0.1, 0.15) is 0 Å². The first-order valence-corrected chi connectivity index (χ1v) is 3.39. The first-order chi connectivity index (χ1) is 5.25. The van der Waals surface area contributed by atoms with Gasteiger partial charge >= 0.3 is 57.4 Å². The van der Waals surface area contributed by atoms with Crippen molar-refractivity contribution in [2.24, 2.45) is 0 Å². The molecule has 1 aromatic rings. The fraction of sp³-hybridized carbons (Fsp3) is 0.222. The fourth-order valence-corrected chi connectivity index (χ4v) is 0.912. The van der Waals surface area contributed by atoms with Crippen molar-refractivity contribution < 1.29 is 9.53 Å². The summed E-state index contributed by atoms with van der Waals surface area (Å²) in [4.78, 5) is 11.0. The fourth-order valence-electron chi connectivity index (χ4n) is 0.912. The molecule has 1 rings (SSSR count). The molecule has 60 valence electrons. The number of hydrogen-bond donors (Lipinski definition) is 0. The van der Waals surface area contributed by atoms with Crippen molar-refractivity contribution >= 4 is 57.4 Å². The molecule has 0 radical (unpaired) electrons. The van der Waals surface area contributed by atoms with Gasteiger partial charge in [-0.2, -0.15) is 0 Å². The molecule has 0 aromatic heterocycles. The van der Waals surface area contributed by atoms with Gasteiger partial charge in [-0.05, 0) is 18.6 Å². The van der Waals surface area contributed by atoms with E-state index < -0.39 is 0 Å². The number of methoxy groups -OCH3 is 1. The SMILES string of the molecule is COC(=O)c1ccccc1C.[KH]. The van der Waals surface area contributed by atoms with Crippen molar-refractivity contribution in [1.29, 1.82) is 0 Å². The number of rotatable bonds is 1. The molecule has 0 aliphatic rings. The summed E-state index contributed by atoms with van der Waals surface area (Å²) in [7, 11) is 1.38. The van der Waals surface area contributed by atoms with E-state index in [0.717, 1.165) is 5.56 Å². The number of hydrogen-bond acceptors (Lipinski definition) is 2. The van der Waals surface area contributed by atoms with Crippen LogP contribution < -0.4 is 0 Å². The number of carbonyl (C=O) groups is 1. The Morgan fingerprint density at radius 3 is 2.42 bits per heavy atom. The van der Waals surface area contributed by atoms with Crippen LogP contribution in [0.15, 0.2) is 24.3 Å². The van der Waals surface area contributed by atoms with E-state index >= 15 is 0 Å².